The SMILES string of the molecule is C[C@]12CC=C3C=C4CCC(=O)CC45CC[C@]3(O5)[C@@H]1CCC2C(=O)Nc1ccccc1.C[C@]12CC=C3C=C4CCC(=O)C[C@]45CC[C@]3(O5)[C@@H]1CC[C@@H]2N1CCc2ccccc2C1.C[C@]12CC=C3C=C4CCC(=O)C[C@]45CC[C@]3(O5)[C@@H]1CC[C@@H]2c1ccc2ccccc2c1. The molecular formula is C83H92N2O7. The lowest BCUT2D eigenvalue weighted by atomic mass is 9.58. The average molecular weight is 1230 g/mol. The van der Waals surface area contributed by atoms with E-state index in [9.17, 15) is 19.2 Å². The number of nitrogens with zero attached hydrogens (tertiary/aromatic N) is 1. The van der Waals surface area contributed by atoms with E-state index in [1.807, 2.05) is 30.3 Å². The molecule has 9 aliphatic carbocycles. The minimum absolute atomic E-state index is 0.0200. The monoisotopic (exact) mass is 1230 g/mol. The molecule has 0 aromatic heterocycles. The highest BCUT2D eigenvalue weighted by Gasteiger charge is 2.70. The molecule has 16 aliphatic rings. The Kier molecular flexibility index (Phi) is 13.2. The third kappa shape index (κ3) is 8.41. The fourth-order valence-electron chi connectivity index (χ4n) is 24.2. The lowest BCUT2D eigenvalue weighted by Gasteiger charge is -2.55. The van der Waals surface area contributed by atoms with E-state index < -0.39 is 0 Å². The van der Waals surface area contributed by atoms with Crippen LogP contribution >= 0.6 is 0 Å². The van der Waals surface area contributed by atoms with E-state index in [1.165, 1.54) is 99.6 Å². The fraction of sp³-hybridized carbons (Fsp3) is 0.542. The molecule has 6 bridgehead atoms. The number of allylic oxidation sites excluding steroid dienone is 3. The van der Waals surface area contributed by atoms with Crippen LogP contribution in [0.5, 0.6) is 0 Å². The molecule has 92 heavy (non-hydrogen) atoms. The van der Waals surface area contributed by atoms with Crippen LogP contribution in [-0.2, 0) is 46.4 Å². The third-order valence-corrected chi connectivity index (χ3v) is 28.6. The number of fused-ring (bicyclic) bond motifs is 5. The molecule has 2 unspecified atom stereocenters. The predicted molar refractivity (Wildman–Crippen MR) is 358 cm³/mol. The molecule has 15 atom stereocenters. The van der Waals surface area contributed by atoms with Gasteiger partial charge in [0, 0.05) is 69.3 Å². The van der Waals surface area contributed by atoms with Gasteiger partial charge in [0.15, 0.2) is 0 Å². The standard InChI is InChI=1S/C29H30O2.C28H33NO2.C26H29NO3/c1-27-13-12-23-17-22-8-9-24(30)18-28(22)14-15-29(23,31-28)26(27)11-10-25(27)21-7-6-19-4-2-3-5-20(19)16-21;1-26-12-10-22-16-21-6-7-23(30)17-27(21)13-14-28(22,31-27)24(26)8-9-25(26)29-15-11-19-4-2-3-5-20(19)18-29;1-24-12-11-18-15-17-7-8-20(28)16-25(17)13-14-26(18,30-25)22(24)10-9-21(24)23(29)27-19-5-3-2-4-6-19/h2-7,12,16-17,25-26H,8-11,13-15,18H2,1H3;2-5,10,16,24-25H,6-9,11-15,17-18H2,1H3;2-6,11,15,21-22H,7-10,12-14,16H2,1H3,(H,27,29)/t25-,26-,27-,28-,29-;24-,25+,26+,27-,28-;21?,22-,24-,25?,26-/m111/s1. The first kappa shape index (κ1) is 58.5. The molecule has 1 N–H and O–H groups in total. The predicted octanol–water partition coefficient (Wildman–Crippen LogP) is 16.8. The Labute approximate surface area is 544 Å². The van der Waals surface area contributed by atoms with Crippen molar-refractivity contribution in [3.05, 3.63) is 184 Å². The van der Waals surface area contributed by atoms with Crippen molar-refractivity contribution in [1.29, 1.82) is 0 Å². The molecule has 9 fully saturated rings. The van der Waals surface area contributed by atoms with Gasteiger partial charge in [-0.1, -0.05) is 142 Å². The zero-order valence-corrected chi connectivity index (χ0v) is 54.6. The molecule has 4 aromatic carbocycles. The molecule has 20 rings (SSSR count). The van der Waals surface area contributed by atoms with Crippen LogP contribution in [0.15, 0.2) is 167 Å². The van der Waals surface area contributed by atoms with Crippen LogP contribution in [0.1, 0.15) is 197 Å². The largest absolute Gasteiger partial charge is 0.359 e. The van der Waals surface area contributed by atoms with Crippen molar-refractivity contribution in [2.75, 3.05) is 11.9 Å². The summed E-state index contributed by atoms with van der Waals surface area (Å²) in [6, 6.07) is 35.2. The van der Waals surface area contributed by atoms with Crippen LogP contribution in [0.4, 0.5) is 5.69 Å². The summed E-state index contributed by atoms with van der Waals surface area (Å²) in [6.45, 7) is 9.64. The second-order valence-corrected chi connectivity index (χ2v) is 32.7. The normalized spacial score (nSPS) is 41.8. The van der Waals surface area contributed by atoms with Crippen molar-refractivity contribution < 1.29 is 33.4 Å². The number of hydrogen-bond acceptors (Lipinski definition) is 8. The highest BCUT2D eigenvalue weighted by atomic mass is 16.5. The van der Waals surface area contributed by atoms with Crippen LogP contribution in [0.2, 0.25) is 0 Å². The summed E-state index contributed by atoms with van der Waals surface area (Å²) in [6.07, 6.45) is 38.6. The summed E-state index contributed by atoms with van der Waals surface area (Å²) >= 11 is 0. The number of anilines is 1. The Bertz CT molecular complexity index is 4040. The Morgan fingerprint density at radius 2 is 0.967 bits per heavy atom. The minimum Gasteiger partial charge on any atom is -0.359 e. The van der Waals surface area contributed by atoms with E-state index >= 15 is 0 Å². The maximum absolute atomic E-state index is 13.3. The van der Waals surface area contributed by atoms with E-state index in [0.29, 0.717) is 85.6 Å². The van der Waals surface area contributed by atoms with Crippen molar-refractivity contribution in [2.24, 2.45) is 39.9 Å². The number of carbonyl (C=O) groups is 4. The molecule has 9 heteroatoms. The second kappa shape index (κ2) is 20.7. The quantitative estimate of drug-likeness (QED) is 0.215. The summed E-state index contributed by atoms with van der Waals surface area (Å²) in [4.78, 5) is 53.1. The van der Waals surface area contributed by atoms with Gasteiger partial charge in [0.25, 0.3) is 0 Å². The van der Waals surface area contributed by atoms with Crippen molar-refractivity contribution in [3.63, 3.8) is 0 Å². The van der Waals surface area contributed by atoms with Crippen LogP contribution in [0, 0.1) is 39.9 Å². The molecule has 6 saturated carbocycles. The Balaban J connectivity index is 0.000000102. The van der Waals surface area contributed by atoms with E-state index in [4.69, 9.17) is 14.2 Å². The van der Waals surface area contributed by atoms with Crippen molar-refractivity contribution in [2.45, 2.75) is 233 Å². The topological polar surface area (TPSA) is 111 Å². The van der Waals surface area contributed by atoms with Crippen molar-refractivity contribution in [1.82, 2.24) is 4.90 Å². The van der Waals surface area contributed by atoms with Gasteiger partial charge >= 0.3 is 0 Å². The third-order valence-electron chi connectivity index (χ3n) is 28.6. The van der Waals surface area contributed by atoms with Crippen LogP contribution in [0.25, 0.3) is 10.8 Å². The van der Waals surface area contributed by atoms with Crippen molar-refractivity contribution >= 4 is 39.7 Å². The highest BCUT2D eigenvalue weighted by molar-refractivity contribution is 5.93. The van der Waals surface area contributed by atoms with Gasteiger partial charge in [-0.3, -0.25) is 24.1 Å². The summed E-state index contributed by atoms with van der Waals surface area (Å²) in [5.41, 5.74) is 12.6. The molecule has 476 valence electrons. The fourth-order valence-corrected chi connectivity index (χ4v) is 24.2. The molecule has 1 amide bonds. The van der Waals surface area contributed by atoms with Gasteiger partial charge in [-0.15, -0.1) is 0 Å². The lowest BCUT2D eigenvalue weighted by Crippen LogP contribution is -2.57. The average Bonchev–Trinajstić information content (AvgIpc) is 1.52. The lowest BCUT2D eigenvalue weighted by molar-refractivity contribution is -0.150. The molecule has 6 spiro atoms. The number of hydrogen-bond donors (Lipinski definition) is 1. The van der Waals surface area contributed by atoms with E-state index in [2.05, 4.69) is 134 Å². The summed E-state index contributed by atoms with van der Waals surface area (Å²) in [7, 11) is 0. The van der Waals surface area contributed by atoms with Crippen LogP contribution in [-0.4, -0.2) is 74.3 Å². The first-order chi connectivity index (χ1) is 44.5. The molecule has 0 radical (unpaired) electrons. The van der Waals surface area contributed by atoms with E-state index in [0.717, 1.165) is 102 Å². The van der Waals surface area contributed by atoms with Gasteiger partial charge in [0.05, 0.1) is 33.6 Å². The minimum atomic E-state index is -0.366. The molecule has 4 aromatic rings. The molecule has 9 nitrogen and oxygen atoms in total. The second-order valence-electron chi connectivity index (χ2n) is 32.7. The van der Waals surface area contributed by atoms with Gasteiger partial charge in [-0.05, 0) is 235 Å². The summed E-state index contributed by atoms with van der Waals surface area (Å²) in [5.74, 6) is 3.22. The number of ether oxygens (including phenoxy) is 3. The molecule has 3 saturated heterocycles. The number of para-hydroxylation sites is 1. The van der Waals surface area contributed by atoms with Crippen LogP contribution < -0.4 is 5.32 Å². The zero-order valence-electron chi connectivity index (χ0n) is 54.6. The van der Waals surface area contributed by atoms with Gasteiger partial charge < -0.3 is 19.5 Å². The zero-order chi connectivity index (χ0) is 62.3. The number of Topliss-reactive ketones (excluding diaryl/α,β-unsaturated/α-hetero) is 3. The smallest absolute Gasteiger partial charge is 0.228 e. The number of rotatable bonds is 4. The molecule has 7 heterocycles. The maximum atomic E-state index is 13.3. The number of carbonyl (C=O) groups excluding carboxylic acids is 4. The number of nitrogens with one attached hydrogen (secondary N) is 1. The van der Waals surface area contributed by atoms with E-state index in [-0.39, 0.29) is 61.7 Å². The summed E-state index contributed by atoms with van der Waals surface area (Å²) < 4.78 is 21.3. The van der Waals surface area contributed by atoms with Gasteiger partial charge in [-0.25, -0.2) is 0 Å². The first-order valence-corrected chi connectivity index (χ1v) is 36.1. The van der Waals surface area contributed by atoms with Gasteiger partial charge in [-0.2, -0.15) is 0 Å². The number of amides is 1. The number of benzene rings is 4. The Hall–Kier alpha value is -6.10. The maximum Gasteiger partial charge on any atom is 0.228 e. The Morgan fingerprint density at radius 3 is 1.57 bits per heavy atom. The molecule has 7 aliphatic heterocycles. The summed E-state index contributed by atoms with van der Waals surface area (Å²) in [5, 5.41) is 5.82. The van der Waals surface area contributed by atoms with Crippen LogP contribution in [0.3, 0.4) is 0 Å². The highest BCUT2D eigenvalue weighted by Crippen LogP contribution is 2.72. The number of ketones is 3. The Morgan fingerprint density at radius 1 is 0.478 bits per heavy atom. The van der Waals surface area contributed by atoms with Gasteiger partial charge in [0.2, 0.25) is 5.91 Å². The molecular weight excluding hydrogens is 1140 g/mol. The first-order valence-electron chi connectivity index (χ1n) is 36.1. The van der Waals surface area contributed by atoms with Crippen molar-refractivity contribution in [3.8, 4) is 0 Å². The van der Waals surface area contributed by atoms with Gasteiger partial charge in [0.1, 0.15) is 17.3 Å². The van der Waals surface area contributed by atoms with E-state index in [1.54, 1.807) is 0 Å².